The third-order valence-corrected chi connectivity index (χ3v) is 5.82. The van der Waals surface area contributed by atoms with Crippen molar-refractivity contribution >= 4 is 17.5 Å². The van der Waals surface area contributed by atoms with E-state index in [1.807, 2.05) is 44.4 Å². The predicted molar refractivity (Wildman–Crippen MR) is 124 cm³/mol. The summed E-state index contributed by atoms with van der Waals surface area (Å²) in [7, 11) is 3.52. The summed E-state index contributed by atoms with van der Waals surface area (Å²) in [5.41, 5.74) is 2.20. The quantitative estimate of drug-likeness (QED) is 0.567. The maximum atomic E-state index is 13.5. The fraction of sp³-hybridized carbons (Fsp3) is 0.375. The van der Waals surface area contributed by atoms with E-state index < -0.39 is 5.41 Å². The molecule has 1 aromatic carbocycles. The zero-order valence-corrected chi connectivity index (χ0v) is 18.8. The highest BCUT2D eigenvalue weighted by Crippen LogP contribution is 2.34. The van der Waals surface area contributed by atoms with Crippen LogP contribution in [0.4, 0.5) is 11.6 Å². The highest BCUT2D eigenvalue weighted by molar-refractivity contribution is 5.98. The lowest BCUT2D eigenvalue weighted by molar-refractivity contribution is -0.122. The Hall–Kier alpha value is -3.23. The Balaban J connectivity index is 1.61. The fourth-order valence-corrected chi connectivity index (χ4v) is 4.09. The second-order valence-corrected chi connectivity index (χ2v) is 8.41. The molecule has 0 saturated carbocycles. The molecule has 1 aliphatic rings. The zero-order valence-electron chi connectivity index (χ0n) is 18.8. The van der Waals surface area contributed by atoms with Crippen LogP contribution >= 0.6 is 0 Å². The van der Waals surface area contributed by atoms with E-state index in [1.165, 1.54) is 5.56 Å². The van der Waals surface area contributed by atoms with Gasteiger partial charge in [0.1, 0.15) is 11.2 Å². The smallest absolute Gasteiger partial charge is 0.238 e. The lowest BCUT2D eigenvalue weighted by Crippen LogP contribution is -2.52. The maximum absolute atomic E-state index is 13.5. The molecular formula is C24H30N6O2. The second-order valence-electron chi connectivity index (χ2n) is 8.41. The number of hydrogen-bond acceptors (Lipinski definition) is 6. The number of carbonyl (C=O) groups is 1. The molecule has 8 nitrogen and oxygen atoms in total. The maximum Gasteiger partial charge on any atom is 0.238 e. The van der Waals surface area contributed by atoms with Crippen LogP contribution in [0.15, 0.2) is 54.7 Å². The number of pyridine rings is 1. The number of hydrogen-bond donors (Lipinski definition) is 2. The van der Waals surface area contributed by atoms with Crippen LogP contribution in [0.2, 0.25) is 0 Å². The molecule has 0 fully saturated rings. The van der Waals surface area contributed by atoms with Crippen LogP contribution in [0.3, 0.4) is 0 Å². The first-order valence-electron chi connectivity index (χ1n) is 10.8. The third kappa shape index (κ3) is 4.81. The Morgan fingerprint density at radius 2 is 1.97 bits per heavy atom. The average Bonchev–Trinajstić information content (AvgIpc) is 3.21. The molecule has 0 saturated heterocycles. The van der Waals surface area contributed by atoms with Crippen molar-refractivity contribution in [1.82, 2.24) is 19.7 Å². The normalized spacial score (nSPS) is 18.2. The van der Waals surface area contributed by atoms with E-state index in [4.69, 9.17) is 9.72 Å². The summed E-state index contributed by atoms with van der Waals surface area (Å²) in [6, 6.07) is 16.0. The van der Waals surface area contributed by atoms with E-state index in [9.17, 15) is 4.79 Å². The molecule has 3 aromatic rings. The van der Waals surface area contributed by atoms with Crippen molar-refractivity contribution in [2.24, 2.45) is 7.05 Å². The number of anilines is 2. The number of benzene rings is 1. The van der Waals surface area contributed by atoms with Gasteiger partial charge in [0.15, 0.2) is 5.82 Å². The highest BCUT2D eigenvalue weighted by Gasteiger charge is 2.43. The molecule has 0 spiro atoms. The Morgan fingerprint density at radius 3 is 2.69 bits per heavy atom. The van der Waals surface area contributed by atoms with E-state index in [-0.39, 0.29) is 5.91 Å². The summed E-state index contributed by atoms with van der Waals surface area (Å²) < 4.78 is 6.94. The number of nitrogens with zero attached hydrogens (tertiary/aromatic N) is 4. The number of aryl methyl sites for hydroxylation is 1. The van der Waals surface area contributed by atoms with Gasteiger partial charge in [-0.2, -0.15) is 5.10 Å². The van der Waals surface area contributed by atoms with Crippen molar-refractivity contribution in [2.45, 2.75) is 25.4 Å². The Bertz CT molecular complexity index is 1070. The minimum Gasteiger partial charge on any atom is -0.383 e. The predicted octanol–water partition coefficient (Wildman–Crippen LogP) is 2.79. The molecule has 0 aliphatic carbocycles. The molecule has 3 heterocycles. The van der Waals surface area contributed by atoms with Gasteiger partial charge < -0.3 is 15.4 Å². The summed E-state index contributed by atoms with van der Waals surface area (Å²) in [6.07, 6.45) is 1.81. The van der Waals surface area contributed by atoms with Gasteiger partial charge >= 0.3 is 0 Å². The van der Waals surface area contributed by atoms with E-state index in [1.54, 1.807) is 17.9 Å². The SMILES string of the molecule is COCCN1Cc2ccc(NCc3ccccc3)nc2C(C)(C(=O)Nc2ccn(C)n2)C1. The molecule has 32 heavy (non-hydrogen) atoms. The number of rotatable bonds is 8. The van der Waals surface area contributed by atoms with Gasteiger partial charge in [-0.15, -0.1) is 0 Å². The Labute approximate surface area is 188 Å². The van der Waals surface area contributed by atoms with Crippen LogP contribution in [-0.2, 0) is 35.1 Å². The highest BCUT2D eigenvalue weighted by atomic mass is 16.5. The summed E-state index contributed by atoms with van der Waals surface area (Å²) in [6.45, 7) is 5.27. The van der Waals surface area contributed by atoms with E-state index in [0.29, 0.717) is 25.5 Å². The van der Waals surface area contributed by atoms with E-state index >= 15 is 0 Å². The first-order valence-corrected chi connectivity index (χ1v) is 10.8. The zero-order chi connectivity index (χ0) is 22.6. The Kier molecular flexibility index (Phi) is 6.53. The topological polar surface area (TPSA) is 84.3 Å². The number of aromatic nitrogens is 3. The summed E-state index contributed by atoms with van der Waals surface area (Å²) >= 11 is 0. The largest absolute Gasteiger partial charge is 0.383 e. The van der Waals surface area contributed by atoms with Crippen LogP contribution < -0.4 is 10.6 Å². The number of nitrogens with one attached hydrogen (secondary N) is 2. The van der Waals surface area contributed by atoms with Crippen LogP contribution in [-0.4, -0.2) is 52.4 Å². The number of carbonyl (C=O) groups excluding carboxylic acids is 1. The van der Waals surface area contributed by atoms with Crippen molar-refractivity contribution in [3.8, 4) is 0 Å². The van der Waals surface area contributed by atoms with E-state index in [2.05, 4.69) is 38.8 Å². The van der Waals surface area contributed by atoms with Crippen molar-refractivity contribution in [1.29, 1.82) is 0 Å². The van der Waals surface area contributed by atoms with Gasteiger partial charge in [0.05, 0.1) is 12.3 Å². The molecule has 0 bridgehead atoms. The van der Waals surface area contributed by atoms with Crippen molar-refractivity contribution in [3.05, 3.63) is 71.5 Å². The standard InChI is InChI=1S/C24H30N6O2/c1-24(23(31)27-21-11-12-29(2)28-21)17-30(13-14-32-3)16-19-9-10-20(26-22(19)24)25-15-18-7-5-4-6-8-18/h4-12H,13-17H2,1-3H3,(H,25,26)(H,27,28,31). The van der Waals surface area contributed by atoms with Gasteiger partial charge in [-0.3, -0.25) is 14.4 Å². The van der Waals surface area contributed by atoms with Gasteiger partial charge in [-0.25, -0.2) is 4.98 Å². The van der Waals surface area contributed by atoms with Crippen LogP contribution in [0.25, 0.3) is 0 Å². The van der Waals surface area contributed by atoms with Crippen LogP contribution in [0.1, 0.15) is 23.7 Å². The number of amides is 1. The summed E-state index contributed by atoms with van der Waals surface area (Å²) in [5, 5.41) is 10.7. The van der Waals surface area contributed by atoms with Gasteiger partial charge in [0.25, 0.3) is 0 Å². The second kappa shape index (κ2) is 9.50. The lowest BCUT2D eigenvalue weighted by Gasteiger charge is -2.40. The monoisotopic (exact) mass is 434 g/mol. The van der Waals surface area contributed by atoms with Gasteiger partial charge in [0.2, 0.25) is 5.91 Å². The number of ether oxygens (including phenoxy) is 1. The summed E-state index contributed by atoms with van der Waals surface area (Å²) in [5.74, 6) is 1.18. The minimum absolute atomic E-state index is 0.118. The average molecular weight is 435 g/mol. The minimum atomic E-state index is -0.830. The molecule has 2 aromatic heterocycles. The molecule has 1 unspecified atom stereocenters. The van der Waals surface area contributed by atoms with Gasteiger partial charge in [-0.05, 0) is 24.1 Å². The van der Waals surface area contributed by atoms with Gasteiger partial charge in [-0.1, -0.05) is 36.4 Å². The van der Waals surface area contributed by atoms with Crippen molar-refractivity contribution < 1.29 is 9.53 Å². The molecule has 0 radical (unpaired) electrons. The van der Waals surface area contributed by atoms with E-state index in [0.717, 1.165) is 30.2 Å². The molecule has 2 N–H and O–H groups in total. The first-order chi connectivity index (χ1) is 15.5. The van der Waals surface area contributed by atoms with Crippen LogP contribution in [0, 0.1) is 0 Å². The molecule has 4 rings (SSSR count). The number of fused-ring (bicyclic) bond motifs is 1. The van der Waals surface area contributed by atoms with Crippen LogP contribution in [0.5, 0.6) is 0 Å². The molecule has 1 atom stereocenters. The summed E-state index contributed by atoms with van der Waals surface area (Å²) in [4.78, 5) is 20.6. The third-order valence-electron chi connectivity index (χ3n) is 5.82. The number of methoxy groups -OCH3 is 1. The molecule has 1 aliphatic heterocycles. The first kappa shape index (κ1) is 22.0. The van der Waals surface area contributed by atoms with Crippen molar-refractivity contribution in [2.75, 3.05) is 37.4 Å². The Morgan fingerprint density at radius 1 is 1.16 bits per heavy atom. The van der Waals surface area contributed by atoms with Gasteiger partial charge in [0, 0.05) is 52.6 Å². The fourth-order valence-electron chi connectivity index (χ4n) is 4.09. The molecule has 168 valence electrons. The lowest BCUT2D eigenvalue weighted by atomic mass is 9.79. The van der Waals surface area contributed by atoms with Crippen molar-refractivity contribution in [3.63, 3.8) is 0 Å². The molecule has 8 heteroatoms. The molecular weight excluding hydrogens is 404 g/mol. The molecule has 1 amide bonds.